The van der Waals surface area contributed by atoms with E-state index >= 15 is 0 Å². The number of nitrogens with two attached hydrogens (primary N) is 1. The molecule has 2 atom stereocenters. The van der Waals surface area contributed by atoms with Gasteiger partial charge in [0.15, 0.2) is 6.10 Å². The average molecular weight is 237 g/mol. The summed E-state index contributed by atoms with van der Waals surface area (Å²) in [6.07, 6.45) is -1.57. The molecule has 0 heterocycles. The minimum Gasteiger partial charge on any atom is -0.464 e. The molecule has 0 radical (unpaired) electrons. The fourth-order valence-electron chi connectivity index (χ4n) is 1.53. The van der Waals surface area contributed by atoms with Crippen LogP contribution < -0.4 is 5.73 Å². The number of amides is 1. The Morgan fingerprint density at radius 2 is 1.94 bits per heavy atom. The average Bonchev–Trinajstić information content (AvgIpc) is 2.30. The smallest absolute Gasteiger partial charge is 0.336 e. The molecule has 92 valence electrons. The highest BCUT2D eigenvalue weighted by atomic mass is 16.5. The van der Waals surface area contributed by atoms with Gasteiger partial charge in [-0.25, -0.2) is 4.79 Å². The van der Waals surface area contributed by atoms with Gasteiger partial charge in [0.2, 0.25) is 5.91 Å². The molecule has 5 heteroatoms. The third kappa shape index (κ3) is 3.29. The summed E-state index contributed by atoms with van der Waals surface area (Å²) in [5.74, 6) is -2.70. The Morgan fingerprint density at radius 3 is 2.41 bits per heavy atom. The zero-order valence-corrected chi connectivity index (χ0v) is 9.50. The maximum atomic E-state index is 11.4. The Hall–Kier alpha value is -1.88. The first-order valence-electron chi connectivity index (χ1n) is 5.27. The first-order valence-corrected chi connectivity index (χ1v) is 5.27. The van der Waals surface area contributed by atoms with Crippen LogP contribution in [0.2, 0.25) is 0 Å². The van der Waals surface area contributed by atoms with Crippen LogP contribution in [0.5, 0.6) is 0 Å². The van der Waals surface area contributed by atoms with Gasteiger partial charge >= 0.3 is 5.97 Å². The van der Waals surface area contributed by atoms with Crippen molar-refractivity contribution in [3.8, 4) is 0 Å². The highest BCUT2D eigenvalue weighted by Gasteiger charge is 2.32. The summed E-state index contributed by atoms with van der Waals surface area (Å²) < 4.78 is 4.66. The van der Waals surface area contributed by atoms with E-state index in [-0.39, 0.29) is 6.61 Å². The molecule has 1 aromatic rings. The summed E-state index contributed by atoms with van der Waals surface area (Å²) in [5, 5.41) is 9.76. The third-order valence-electron chi connectivity index (χ3n) is 2.31. The van der Waals surface area contributed by atoms with E-state index in [0.717, 1.165) is 0 Å². The zero-order chi connectivity index (χ0) is 12.8. The van der Waals surface area contributed by atoms with Gasteiger partial charge in [0.05, 0.1) is 12.5 Å². The lowest BCUT2D eigenvalue weighted by molar-refractivity contribution is -0.156. The van der Waals surface area contributed by atoms with Crippen LogP contribution in [0.15, 0.2) is 30.3 Å². The van der Waals surface area contributed by atoms with Crippen molar-refractivity contribution in [2.75, 3.05) is 6.61 Å². The number of rotatable bonds is 5. The van der Waals surface area contributed by atoms with E-state index in [1.165, 1.54) is 0 Å². The molecule has 0 aliphatic rings. The molecule has 0 aliphatic heterocycles. The second kappa shape index (κ2) is 6.00. The molecular weight excluding hydrogens is 222 g/mol. The van der Waals surface area contributed by atoms with Gasteiger partial charge in [0.25, 0.3) is 0 Å². The number of aliphatic hydroxyl groups is 1. The highest BCUT2D eigenvalue weighted by Crippen LogP contribution is 2.20. The number of ether oxygens (including phenoxy) is 1. The minimum absolute atomic E-state index is 0.135. The molecule has 0 saturated carbocycles. The molecule has 0 aromatic heterocycles. The van der Waals surface area contributed by atoms with Gasteiger partial charge in [0, 0.05) is 0 Å². The number of hydrogen-bond donors (Lipinski definition) is 2. The molecule has 0 bridgehead atoms. The third-order valence-corrected chi connectivity index (χ3v) is 2.31. The molecule has 1 amide bonds. The molecule has 17 heavy (non-hydrogen) atoms. The Morgan fingerprint density at radius 1 is 1.35 bits per heavy atom. The number of esters is 1. The Kier molecular flexibility index (Phi) is 4.66. The summed E-state index contributed by atoms with van der Waals surface area (Å²) in [6, 6.07) is 8.40. The van der Waals surface area contributed by atoms with Gasteiger partial charge in [-0.1, -0.05) is 30.3 Å². The second-order valence-corrected chi connectivity index (χ2v) is 3.49. The highest BCUT2D eigenvalue weighted by molar-refractivity contribution is 5.89. The summed E-state index contributed by atoms with van der Waals surface area (Å²) in [6.45, 7) is 1.75. The summed E-state index contributed by atoms with van der Waals surface area (Å²) in [7, 11) is 0. The standard InChI is InChI=1S/C12H15NO4/c1-2-17-12(16)10(14)9(11(13)15)8-6-4-3-5-7-8/h3-7,9-10,14H,2H2,1H3,(H2,13,15)/t9-,10+/m1/s1. The molecule has 3 N–H and O–H groups in total. The van der Waals surface area contributed by atoms with Gasteiger partial charge < -0.3 is 15.6 Å². The van der Waals surface area contributed by atoms with E-state index in [4.69, 9.17) is 5.73 Å². The normalized spacial score (nSPS) is 13.8. The second-order valence-electron chi connectivity index (χ2n) is 3.49. The summed E-state index contributed by atoms with van der Waals surface area (Å²) in [5.41, 5.74) is 5.68. The van der Waals surface area contributed by atoms with E-state index in [0.29, 0.717) is 5.56 Å². The SMILES string of the molecule is CCOC(=O)[C@@H](O)[C@H](C(N)=O)c1ccccc1. The van der Waals surface area contributed by atoms with Gasteiger partial charge in [-0.05, 0) is 12.5 Å². The number of benzene rings is 1. The van der Waals surface area contributed by atoms with Crippen molar-refractivity contribution in [3.63, 3.8) is 0 Å². The fraction of sp³-hybridized carbons (Fsp3) is 0.333. The Labute approximate surface area is 99.2 Å². The molecule has 0 saturated heterocycles. The van der Waals surface area contributed by atoms with Crippen molar-refractivity contribution >= 4 is 11.9 Å². The van der Waals surface area contributed by atoms with Crippen molar-refractivity contribution in [3.05, 3.63) is 35.9 Å². The van der Waals surface area contributed by atoms with Crippen LogP contribution in [0.4, 0.5) is 0 Å². The Balaban J connectivity index is 2.94. The lowest BCUT2D eigenvalue weighted by Gasteiger charge is -2.18. The van der Waals surface area contributed by atoms with Crippen LogP contribution in [0.3, 0.4) is 0 Å². The molecule has 1 rings (SSSR count). The van der Waals surface area contributed by atoms with Crippen LogP contribution in [0, 0.1) is 0 Å². The van der Waals surface area contributed by atoms with Crippen LogP contribution in [-0.2, 0) is 14.3 Å². The van der Waals surface area contributed by atoms with Crippen molar-refractivity contribution in [2.45, 2.75) is 18.9 Å². The number of aliphatic hydroxyl groups excluding tert-OH is 1. The van der Waals surface area contributed by atoms with E-state index in [9.17, 15) is 14.7 Å². The van der Waals surface area contributed by atoms with Crippen LogP contribution >= 0.6 is 0 Å². The number of hydrogen-bond acceptors (Lipinski definition) is 4. The van der Waals surface area contributed by atoms with E-state index in [2.05, 4.69) is 4.74 Å². The predicted octanol–water partition coefficient (Wildman–Crippen LogP) is 0.179. The quantitative estimate of drug-likeness (QED) is 0.715. The number of primary amides is 1. The predicted molar refractivity (Wildman–Crippen MR) is 61.0 cm³/mol. The molecule has 0 fully saturated rings. The van der Waals surface area contributed by atoms with Crippen molar-refractivity contribution in [1.82, 2.24) is 0 Å². The van der Waals surface area contributed by atoms with E-state index < -0.39 is 23.9 Å². The Bertz CT molecular complexity index is 391. The van der Waals surface area contributed by atoms with Crippen LogP contribution in [0.1, 0.15) is 18.4 Å². The van der Waals surface area contributed by atoms with Gasteiger partial charge in [-0.3, -0.25) is 4.79 Å². The van der Waals surface area contributed by atoms with Crippen molar-refractivity contribution in [1.29, 1.82) is 0 Å². The zero-order valence-electron chi connectivity index (χ0n) is 9.50. The lowest BCUT2D eigenvalue weighted by Crippen LogP contribution is -2.37. The first kappa shape index (κ1) is 13.2. The van der Waals surface area contributed by atoms with Gasteiger partial charge in [0.1, 0.15) is 0 Å². The van der Waals surface area contributed by atoms with Gasteiger partial charge in [-0.2, -0.15) is 0 Å². The summed E-state index contributed by atoms with van der Waals surface area (Å²) in [4.78, 5) is 22.7. The molecule has 5 nitrogen and oxygen atoms in total. The first-order chi connectivity index (χ1) is 8.07. The topological polar surface area (TPSA) is 89.6 Å². The monoisotopic (exact) mass is 237 g/mol. The summed E-state index contributed by atoms with van der Waals surface area (Å²) >= 11 is 0. The van der Waals surface area contributed by atoms with Crippen LogP contribution in [0.25, 0.3) is 0 Å². The lowest BCUT2D eigenvalue weighted by atomic mass is 9.93. The van der Waals surface area contributed by atoms with Crippen LogP contribution in [-0.4, -0.2) is 29.7 Å². The molecule has 0 unspecified atom stereocenters. The molecular formula is C12H15NO4. The number of carbonyl (C=O) groups excluding carboxylic acids is 2. The maximum absolute atomic E-state index is 11.4. The maximum Gasteiger partial charge on any atom is 0.336 e. The van der Waals surface area contributed by atoms with Crippen molar-refractivity contribution < 1.29 is 19.4 Å². The molecule has 0 aliphatic carbocycles. The van der Waals surface area contributed by atoms with Crippen molar-refractivity contribution in [2.24, 2.45) is 5.73 Å². The molecule has 1 aromatic carbocycles. The van der Waals surface area contributed by atoms with E-state index in [1.807, 2.05) is 0 Å². The minimum atomic E-state index is -1.57. The number of carbonyl (C=O) groups is 2. The molecule has 0 spiro atoms. The largest absolute Gasteiger partial charge is 0.464 e. The van der Waals surface area contributed by atoms with E-state index in [1.54, 1.807) is 37.3 Å². The fourth-order valence-corrected chi connectivity index (χ4v) is 1.53. The van der Waals surface area contributed by atoms with Gasteiger partial charge in [-0.15, -0.1) is 0 Å².